The fraction of sp³-hybridized carbons (Fsp3) is 0.333. The van der Waals surface area contributed by atoms with Crippen LogP contribution >= 0.6 is 24.8 Å². The Morgan fingerprint density at radius 1 is 1.29 bits per heavy atom. The minimum Gasteiger partial charge on any atom is -0.398 e. The minimum absolute atomic E-state index is 0. The maximum Gasteiger partial charge on any atom is 0.227 e. The SMILES string of the molecule is CC(CC(=O)N1CCCc2c(N)cccc21)c1cccnc1.Cl.Cl. The van der Waals surface area contributed by atoms with Crippen molar-refractivity contribution in [3.63, 3.8) is 0 Å². The van der Waals surface area contributed by atoms with Gasteiger partial charge in [0.1, 0.15) is 0 Å². The summed E-state index contributed by atoms with van der Waals surface area (Å²) in [4.78, 5) is 18.7. The molecule has 3 rings (SSSR count). The predicted molar refractivity (Wildman–Crippen MR) is 103 cm³/mol. The molecule has 0 spiro atoms. The van der Waals surface area contributed by atoms with E-state index in [1.165, 1.54) is 0 Å². The topological polar surface area (TPSA) is 59.2 Å². The molecule has 1 aliphatic heterocycles. The van der Waals surface area contributed by atoms with Crippen molar-refractivity contribution in [2.24, 2.45) is 0 Å². The highest BCUT2D eigenvalue weighted by Gasteiger charge is 2.25. The lowest BCUT2D eigenvalue weighted by Crippen LogP contribution is -2.36. The lowest BCUT2D eigenvalue weighted by molar-refractivity contribution is -0.119. The molecular weight excluding hydrogens is 345 g/mol. The van der Waals surface area contributed by atoms with Gasteiger partial charge < -0.3 is 10.6 Å². The Bertz CT molecular complexity index is 679. The van der Waals surface area contributed by atoms with E-state index >= 15 is 0 Å². The van der Waals surface area contributed by atoms with E-state index in [1.807, 2.05) is 41.4 Å². The molecule has 1 aromatic carbocycles. The summed E-state index contributed by atoms with van der Waals surface area (Å²) in [5, 5.41) is 0. The molecule has 6 heteroatoms. The Balaban J connectivity index is 0.00000144. The van der Waals surface area contributed by atoms with Gasteiger partial charge in [-0.3, -0.25) is 9.78 Å². The van der Waals surface area contributed by atoms with Gasteiger partial charge in [-0.05, 0) is 48.1 Å². The number of nitrogens with zero attached hydrogens (tertiary/aromatic N) is 2. The fourth-order valence-corrected chi connectivity index (χ4v) is 3.07. The standard InChI is InChI=1S/C18H21N3O.2ClH/c1-13(14-5-3-9-20-12-14)11-18(22)21-10-4-6-15-16(19)7-2-8-17(15)21;;/h2-3,5,7-9,12-13H,4,6,10-11,19H2,1H3;2*1H. The van der Waals surface area contributed by atoms with Crippen LogP contribution in [0.25, 0.3) is 0 Å². The van der Waals surface area contributed by atoms with Crippen LogP contribution in [0.15, 0.2) is 42.7 Å². The zero-order valence-electron chi connectivity index (χ0n) is 13.6. The number of amides is 1. The number of aromatic nitrogens is 1. The van der Waals surface area contributed by atoms with Gasteiger partial charge in [0.2, 0.25) is 5.91 Å². The molecule has 1 unspecified atom stereocenters. The maximum absolute atomic E-state index is 12.7. The van der Waals surface area contributed by atoms with Crippen molar-refractivity contribution in [3.05, 3.63) is 53.9 Å². The molecule has 0 saturated heterocycles. The monoisotopic (exact) mass is 367 g/mol. The normalized spacial score (nSPS) is 14.0. The maximum atomic E-state index is 12.7. The molecule has 0 aliphatic carbocycles. The van der Waals surface area contributed by atoms with E-state index in [4.69, 9.17) is 5.73 Å². The average Bonchev–Trinajstić information content (AvgIpc) is 2.55. The van der Waals surface area contributed by atoms with Gasteiger partial charge in [0, 0.05) is 36.7 Å². The molecule has 1 aromatic heterocycles. The Kier molecular flexibility index (Phi) is 7.52. The summed E-state index contributed by atoms with van der Waals surface area (Å²) >= 11 is 0. The number of anilines is 2. The summed E-state index contributed by atoms with van der Waals surface area (Å²) in [6.07, 6.45) is 5.99. The largest absolute Gasteiger partial charge is 0.398 e. The van der Waals surface area contributed by atoms with E-state index in [0.717, 1.165) is 41.9 Å². The minimum atomic E-state index is 0. The van der Waals surface area contributed by atoms with Crippen LogP contribution < -0.4 is 10.6 Å². The summed E-state index contributed by atoms with van der Waals surface area (Å²) in [7, 11) is 0. The molecule has 130 valence electrons. The second kappa shape index (κ2) is 8.90. The molecule has 2 N–H and O–H groups in total. The Hall–Kier alpha value is -1.78. The average molecular weight is 368 g/mol. The zero-order valence-corrected chi connectivity index (χ0v) is 15.3. The van der Waals surface area contributed by atoms with Crippen LogP contribution in [0, 0.1) is 0 Å². The second-order valence-electron chi connectivity index (χ2n) is 5.89. The Labute approximate surface area is 155 Å². The van der Waals surface area contributed by atoms with E-state index in [2.05, 4.69) is 11.9 Å². The van der Waals surface area contributed by atoms with Crippen molar-refractivity contribution in [1.82, 2.24) is 4.98 Å². The first kappa shape index (κ1) is 20.3. The van der Waals surface area contributed by atoms with Crippen molar-refractivity contribution in [2.45, 2.75) is 32.1 Å². The molecule has 24 heavy (non-hydrogen) atoms. The van der Waals surface area contributed by atoms with Gasteiger partial charge in [0.05, 0.1) is 0 Å². The number of benzene rings is 1. The number of nitrogen functional groups attached to an aromatic ring is 1. The number of carbonyl (C=O) groups excluding carboxylic acids is 1. The Morgan fingerprint density at radius 2 is 2.08 bits per heavy atom. The number of hydrogen-bond donors (Lipinski definition) is 1. The molecule has 4 nitrogen and oxygen atoms in total. The van der Waals surface area contributed by atoms with Crippen LogP contribution in [0.4, 0.5) is 11.4 Å². The van der Waals surface area contributed by atoms with E-state index in [9.17, 15) is 4.79 Å². The molecule has 1 atom stereocenters. The first-order chi connectivity index (χ1) is 10.7. The number of rotatable bonds is 3. The Morgan fingerprint density at radius 3 is 2.79 bits per heavy atom. The highest BCUT2D eigenvalue weighted by atomic mass is 35.5. The lowest BCUT2D eigenvalue weighted by Gasteiger charge is -2.31. The van der Waals surface area contributed by atoms with Crippen molar-refractivity contribution in [2.75, 3.05) is 17.2 Å². The van der Waals surface area contributed by atoms with Gasteiger partial charge in [-0.15, -0.1) is 24.8 Å². The third-order valence-electron chi connectivity index (χ3n) is 4.32. The molecule has 2 heterocycles. The number of fused-ring (bicyclic) bond motifs is 1. The molecule has 0 fully saturated rings. The van der Waals surface area contributed by atoms with Gasteiger partial charge in [-0.25, -0.2) is 0 Å². The number of pyridine rings is 1. The molecule has 2 aromatic rings. The fourth-order valence-electron chi connectivity index (χ4n) is 3.07. The van der Waals surface area contributed by atoms with Crippen LogP contribution in [-0.2, 0) is 11.2 Å². The van der Waals surface area contributed by atoms with Crippen LogP contribution in [0.3, 0.4) is 0 Å². The van der Waals surface area contributed by atoms with Crippen LogP contribution in [-0.4, -0.2) is 17.4 Å². The molecule has 1 amide bonds. The van der Waals surface area contributed by atoms with Crippen molar-refractivity contribution >= 4 is 42.1 Å². The summed E-state index contributed by atoms with van der Waals surface area (Å²) in [5.41, 5.74) is 10.0. The molecule has 0 bridgehead atoms. The van der Waals surface area contributed by atoms with Crippen LogP contribution in [0.2, 0.25) is 0 Å². The highest BCUT2D eigenvalue weighted by molar-refractivity contribution is 5.95. The van der Waals surface area contributed by atoms with E-state index in [0.29, 0.717) is 6.42 Å². The number of hydrogen-bond acceptors (Lipinski definition) is 3. The summed E-state index contributed by atoms with van der Waals surface area (Å²) in [5.74, 6) is 0.315. The number of carbonyl (C=O) groups is 1. The van der Waals surface area contributed by atoms with Crippen LogP contribution in [0.5, 0.6) is 0 Å². The van der Waals surface area contributed by atoms with Crippen molar-refractivity contribution in [1.29, 1.82) is 0 Å². The summed E-state index contributed by atoms with van der Waals surface area (Å²) < 4.78 is 0. The van der Waals surface area contributed by atoms with Crippen LogP contribution in [0.1, 0.15) is 36.8 Å². The first-order valence-corrected chi connectivity index (χ1v) is 7.74. The molecule has 0 saturated carbocycles. The van der Waals surface area contributed by atoms with E-state index in [-0.39, 0.29) is 36.6 Å². The number of nitrogens with two attached hydrogens (primary N) is 1. The van der Waals surface area contributed by atoms with Gasteiger partial charge >= 0.3 is 0 Å². The zero-order chi connectivity index (χ0) is 15.5. The van der Waals surface area contributed by atoms with Gasteiger partial charge in [0.25, 0.3) is 0 Å². The third kappa shape index (κ3) is 4.19. The molecule has 1 aliphatic rings. The first-order valence-electron chi connectivity index (χ1n) is 7.74. The summed E-state index contributed by atoms with van der Waals surface area (Å²) in [6.45, 7) is 2.84. The smallest absolute Gasteiger partial charge is 0.227 e. The number of halogens is 2. The van der Waals surface area contributed by atoms with Crippen molar-refractivity contribution < 1.29 is 4.79 Å². The lowest BCUT2D eigenvalue weighted by atomic mass is 9.96. The van der Waals surface area contributed by atoms with Gasteiger partial charge in [0.15, 0.2) is 0 Å². The second-order valence-corrected chi connectivity index (χ2v) is 5.89. The van der Waals surface area contributed by atoms with E-state index < -0.39 is 0 Å². The predicted octanol–water partition coefficient (Wildman–Crippen LogP) is 3.98. The highest BCUT2D eigenvalue weighted by Crippen LogP contribution is 2.32. The quantitative estimate of drug-likeness (QED) is 0.834. The summed E-state index contributed by atoms with van der Waals surface area (Å²) in [6, 6.07) is 9.76. The van der Waals surface area contributed by atoms with E-state index in [1.54, 1.807) is 6.20 Å². The van der Waals surface area contributed by atoms with Crippen molar-refractivity contribution in [3.8, 4) is 0 Å². The van der Waals surface area contributed by atoms with Gasteiger partial charge in [-0.1, -0.05) is 19.1 Å². The third-order valence-corrected chi connectivity index (χ3v) is 4.32. The molecule has 0 radical (unpaired) electrons. The molecular formula is C18H23Cl2N3O. The van der Waals surface area contributed by atoms with Gasteiger partial charge in [-0.2, -0.15) is 0 Å².